The summed E-state index contributed by atoms with van der Waals surface area (Å²) in [6, 6.07) is 34.0. The van der Waals surface area contributed by atoms with Gasteiger partial charge in [-0.1, -0.05) is 97.1 Å². The third kappa shape index (κ3) is 7.96. The highest BCUT2D eigenvalue weighted by molar-refractivity contribution is 7.89. The molecule has 244 valence electrons. The molecular formula is C38H37N5O4S. The Morgan fingerprint density at radius 3 is 1.88 bits per heavy atom. The molecule has 0 saturated heterocycles. The van der Waals surface area contributed by atoms with Crippen molar-refractivity contribution in [2.24, 2.45) is 11.1 Å². The molecule has 0 aliphatic rings. The predicted octanol–water partition coefficient (Wildman–Crippen LogP) is 4.85. The number of nitrogens with one attached hydrogen (secondary N) is 3. The van der Waals surface area contributed by atoms with E-state index >= 15 is 0 Å². The number of imidazole rings is 1. The number of nitrogens with two attached hydrogens (primary N) is 1. The first-order chi connectivity index (χ1) is 23.2. The van der Waals surface area contributed by atoms with Gasteiger partial charge in [-0.2, -0.15) is 0 Å². The normalized spacial score (nSPS) is 12.3. The lowest BCUT2D eigenvalue weighted by Crippen LogP contribution is -2.50. The van der Waals surface area contributed by atoms with Gasteiger partial charge in [-0.05, 0) is 69.6 Å². The maximum atomic E-state index is 14.3. The molecular weight excluding hydrogens is 623 g/mol. The second kappa shape index (κ2) is 14.6. The van der Waals surface area contributed by atoms with Crippen molar-refractivity contribution < 1.29 is 18.0 Å². The summed E-state index contributed by atoms with van der Waals surface area (Å²) in [5, 5.41) is 15.6. The summed E-state index contributed by atoms with van der Waals surface area (Å²) in [6.45, 7) is 0.290. The fourth-order valence-corrected chi connectivity index (χ4v) is 6.66. The van der Waals surface area contributed by atoms with E-state index in [1.54, 1.807) is 24.7 Å². The van der Waals surface area contributed by atoms with E-state index < -0.39 is 22.0 Å². The largest absolute Gasteiger partial charge is 0.354 e. The van der Waals surface area contributed by atoms with E-state index in [0.717, 1.165) is 38.2 Å². The summed E-state index contributed by atoms with van der Waals surface area (Å²) >= 11 is 0. The zero-order valence-corrected chi connectivity index (χ0v) is 27.1. The summed E-state index contributed by atoms with van der Waals surface area (Å²) in [5.74, 6) is -1.00. The van der Waals surface area contributed by atoms with Crippen LogP contribution < -0.4 is 15.8 Å². The first-order valence-electron chi connectivity index (χ1n) is 15.8. The highest BCUT2D eigenvalue weighted by Crippen LogP contribution is 2.26. The van der Waals surface area contributed by atoms with Crippen LogP contribution in [0.25, 0.3) is 21.5 Å². The van der Waals surface area contributed by atoms with Crippen molar-refractivity contribution in [2.75, 3.05) is 6.54 Å². The molecule has 0 bridgehead atoms. The number of rotatable bonds is 13. The first-order valence-corrected chi connectivity index (χ1v) is 17.4. The number of nitrogens with zero attached hydrogens (tertiary/aromatic N) is 1. The highest BCUT2D eigenvalue weighted by Gasteiger charge is 2.27. The van der Waals surface area contributed by atoms with Crippen molar-refractivity contribution in [3.05, 3.63) is 144 Å². The van der Waals surface area contributed by atoms with Crippen LogP contribution in [0, 0.1) is 5.92 Å². The van der Waals surface area contributed by atoms with Crippen molar-refractivity contribution in [1.82, 2.24) is 20.6 Å². The van der Waals surface area contributed by atoms with Gasteiger partial charge in [0.2, 0.25) is 21.8 Å². The molecule has 0 spiro atoms. The minimum Gasteiger partial charge on any atom is -0.354 e. The Labute approximate surface area is 279 Å². The van der Waals surface area contributed by atoms with Crippen molar-refractivity contribution >= 4 is 43.4 Å². The first kappa shape index (κ1) is 32.6. The number of primary sulfonamides is 1. The third-order valence-corrected chi connectivity index (χ3v) is 9.57. The molecule has 2 amide bonds. The number of aromatic nitrogens is 2. The Hall–Kier alpha value is -5.32. The van der Waals surface area contributed by atoms with Gasteiger partial charge in [-0.15, -0.1) is 0 Å². The Kier molecular flexibility index (Phi) is 9.94. The molecule has 5 aromatic carbocycles. The third-order valence-electron chi connectivity index (χ3n) is 8.64. The lowest BCUT2D eigenvalue weighted by molar-refractivity contribution is -0.131. The van der Waals surface area contributed by atoms with E-state index in [2.05, 4.69) is 69.1 Å². The molecule has 10 heteroatoms. The van der Waals surface area contributed by atoms with Crippen LogP contribution in [0.15, 0.2) is 127 Å². The van der Waals surface area contributed by atoms with Crippen molar-refractivity contribution in [3.8, 4) is 0 Å². The SMILES string of the molecule is NS(=O)(=O)c1ccc(CCNC(=O)[C@H](Cc2cnc[nH]2)NC(=O)C(Cc2cccc3ccccc23)Cc2cccc3ccccc23)cc1. The van der Waals surface area contributed by atoms with Crippen LogP contribution in [0.4, 0.5) is 0 Å². The van der Waals surface area contributed by atoms with Gasteiger partial charge < -0.3 is 15.6 Å². The molecule has 1 heterocycles. The molecule has 0 aliphatic carbocycles. The van der Waals surface area contributed by atoms with Gasteiger partial charge in [0.05, 0.1) is 11.2 Å². The number of fused-ring (bicyclic) bond motifs is 2. The molecule has 1 atom stereocenters. The van der Waals surface area contributed by atoms with Crippen LogP contribution in [0.3, 0.4) is 0 Å². The van der Waals surface area contributed by atoms with E-state index in [-0.39, 0.29) is 23.1 Å². The fourth-order valence-electron chi connectivity index (χ4n) is 6.14. The van der Waals surface area contributed by atoms with Crippen LogP contribution in [0.2, 0.25) is 0 Å². The summed E-state index contributed by atoms with van der Waals surface area (Å²) in [7, 11) is -3.79. The lowest BCUT2D eigenvalue weighted by Gasteiger charge is -2.23. The number of sulfonamides is 1. The summed E-state index contributed by atoms with van der Waals surface area (Å²) in [5.41, 5.74) is 3.68. The Balaban J connectivity index is 1.23. The van der Waals surface area contributed by atoms with Crippen LogP contribution in [0.1, 0.15) is 22.4 Å². The second-order valence-corrected chi connectivity index (χ2v) is 13.5. The Morgan fingerprint density at radius 2 is 1.31 bits per heavy atom. The summed E-state index contributed by atoms with van der Waals surface area (Å²) in [4.78, 5) is 35.1. The molecule has 6 aromatic rings. The maximum absolute atomic E-state index is 14.3. The smallest absolute Gasteiger partial charge is 0.242 e. The van der Waals surface area contributed by atoms with E-state index in [0.29, 0.717) is 31.5 Å². The highest BCUT2D eigenvalue weighted by atomic mass is 32.2. The molecule has 0 fully saturated rings. The maximum Gasteiger partial charge on any atom is 0.242 e. The van der Waals surface area contributed by atoms with E-state index in [1.165, 1.54) is 12.1 Å². The fraction of sp³-hybridized carbons (Fsp3) is 0.184. The predicted molar refractivity (Wildman–Crippen MR) is 188 cm³/mol. The summed E-state index contributed by atoms with van der Waals surface area (Å²) < 4.78 is 23.2. The quantitative estimate of drug-likeness (QED) is 0.140. The molecule has 0 unspecified atom stereocenters. The number of amides is 2. The minimum absolute atomic E-state index is 0.0270. The number of H-pyrrole nitrogens is 1. The second-order valence-electron chi connectivity index (χ2n) is 12.0. The minimum atomic E-state index is -3.79. The van der Waals surface area contributed by atoms with Crippen LogP contribution in [-0.4, -0.2) is 42.8 Å². The van der Waals surface area contributed by atoms with Crippen LogP contribution >= 0.6 is 0 Å². The van der Waals surface area contributed by atoms with Gasteiger partial charge in [0.25, 0.3) is 0 Å². The number of carbonyl (C=O) groups is 2. The molecule has 0 radical (unpaired) electrons. The monoisotopic (exact) mass is 659 g/mol. The number of hydrogen-bond acceptors (Lipinski definition) is 5. The lowest BCUT2D eigenvalue weighted by atomic mass is 9.87. The standard InChI is InChI=1S/C38H37N5O4S/c39-48(46,47)33-17-15-26(16-18-33)19-20-41-38(45)36(23-32-24-40-25-42-32)43-37(44)31(21-29-11-5-9-27-7-1-3-13-34(27)29)22-30-12-6-10-28-8-2-4-14-35(28)30/h1-18,24-25,31,36H,19-23H2,(H,40,42)(H,41,45)(H,43,44)(H2,39,46,47)/t36-/m0/s1. The molecule has 5 N–H and O–H groups in total. The number of carbonyl (C=O) groups excluding carboxylic acids is 2. The molecule has 9 nitrogen and oxygen atoms in total. The number of hydrogen-bond donors (Lipinski definition) is 4. The summed E-state index contributed by atoms with van der Waals surface area (Å²) in [6.07, 6.45) is 4.86. The van der Waals surface area contributed by atoms with Gasteiger partial charge in [-0.25, -0.2) is 18.5 Å². The molecule has 1 aromatic heterocycles. The van der Waals surface area contributed by atoms with Crippen LogP contribution in [0.5, 0.6) is 0 Å². The number of aromatic amines is 1. The average Bonchev–Trinajstić information content (AvgIpc) is 3.61. The van der Waals surface area contributed by atoms with Gasteiger partial charge >= 0.3 is 0 Å². The van der Waals surface area contributed by atoms with E-state index in [1.807, 2.05) is 36.4 Å². The van der Waals surface area contributed by atoms with Crippen molar-refractivity contribution in [1.29, 1.82) is 0 Å². The Bertz CT molecular complexity index is 2060. The number of benzene rings is 5. The zero-order chi connectivity index (χ0) is 33.5. The van der Waals surface area contributed by atoms with Crippen molar-refractivity contribution in [3.63, 3.8) is 0 Å². The van der Waals surface area contributed by atoms with Gasteiger partial charge in [0.15, 0.2) is 0 Å². The van der Waals surface area contributed by atoms with Gasteiger partial charge in [0, 0.05) is 30.8 Å². The van der Waals surface area contributed by atoms with Crippen molar-refractivity contribution in [2.45, 2.75) is 36.6 Å². The Morgan fingerprint density at radius 1 is 0.729 bits per heavy atom. The van der Waals surface area contributed by atoms with E-state index in [4.69, 9.17) is 5.14 Å². The molecule has 48 heavy (non-hydrogen) atoms. The molecule has 0 aliphatic heterocycles. The van der Waals surface area contributed by atoms with E-state index in [9.17, 15) is 18.0 Å². The van der Waals surface area contributed by atoms with Crippen LogP contribution in [-0.2, 0) is 45.3 Å². The topological polar surface area (TPSA) is 147 Å². The average molecular weight is 660 g/mol. The zero-order valence-electron chi connectivity index (χ0n) is 26.3. The molecule has 6 rings (SSSR count). The molecule has 0 saturated carbocycles. The van der Waals surface area contributed by atoms with Gasteiger partial charge in [-0.3, -0.25) is 9.59 Å². The van der Waals surface area contributed by atoms with Gasteiger partial charge in [0.1, 0.15) is 6.04 Å².